The van der Waals surface area contributed by atoms with Crippen molar-refractivity contribution in [3.8, 4) is 0 Å². The Morgan fingerprint density at radius 3 is 2.45 bits per heavy atom. The van der Waals surface area contributed by atoms with Crippen molar-refractivity contribution < 1.29 is 9.59 Å². The van der Waals surface area contributed by atoms with E-state index in [1.165, 1.54) is 5.56 Å². The van der Waals surface area contributed by atoms with Gasteiger partial charge in [0.1, 0.15) is 5.69 Å². The SMILES string of the molecule is CCc1ccc(C(=O)NCC23CCC(CC2)N3C(=O)c2ccn(C3CC3)n2)cc1. The summed E-state index contributed by atoms with van der Waals surface area (Å²) in [5, 5.41) is 7.65. The molecule has 152 valence electrons. The lowest BCUT2D eigenvalue weighted by Crippen LogP contribution is -2.52. The molecule has 0 spiro atoms. The zero-order valence-corrected chi connectivity index (χ0v) is 16.9. The van der Waals surface area contributed by atoms with E-state index in [-0.39, 0.29) is 23.4 Å². The molecular weight excluding hydrogens is 364 g/mol. The number of hydrogen-bond acceptors (Lipinski definition) is 3. The molecule has 1 saturated carbocycles. The van der Waals surface area contributed by atoms with Crippen LogP contribution in [0.25, 0.3) is 0 Å². The van der Waals surface area contributed by atoms with E-state index in [0.29, 0.717) is 23.8 Å². The summed E-state index contributed by atoms with van der Waals surface area (Å²) < 4.78 is 1.93. The number of aryl methyl sites for hydroxylation is 1. The van der Waals surface area contributed by atoms with Gasteiger partial charge in [-0.05, 0) is 68.7 Å². The Morgan fingerprint density at radius 2 is 1.79 bits per heavy atom. The fourth-order valence-corrected chi connectivity index (χ4v) is 5.03. The maximum Gasteiger partial charge on any atom is 0.275 e. The van der Waals surface area contributed by atoms with E-state index in [1.54, 1.807) is 0 Å². The number of benzene rings is 1. The van der Waals surface area contributed by atoms with Gasteiger partial charge >= 0.3 is 0 Å². The highest BCUT2D eigenvalue weighted by Gasteiger charge is 2.54. The van der Waals surface area contributed by atoms with E-state index >= 15 is 0 Å². The van der Waals surface area contributed by atoms with Gasteiger partial charge in [-0.3, -0.25) is 14.3 Å². The van der Waals surface area contributed by atoms with Crippen molar-refractivity contribution in [2.45, 2.75) is 69.5 Å². The number of aromatic nitrogens is 2. The molecule has 6 nitrogen and oxygen atoms in total. The summed E-state index contributed by atoms with van der Waals surface area (Å²) in [7, 11) is 0. The number of amides is 2. The summed E-state index contributed by atoms with van der Waals surface area (Å²) in [6.45, 7) is 2.61. The van der Waals surface area contributed by atoms with Gasteiger partial charge in [0.15, 0.2) is 0 Å². The fourth-order valence-electron chi connectivity index (χ4n) is 5.03. The summed E-state index contributed by atoms with van der Waals surface area (Å²) >= 11 is 0. The number of carbonyl (C=O) groups excluding carboxylic acids is 2. The maximum absolute atomic E-state index is 13.3. The van der Waals surface area contributed by atoms with Gasteiger partial charge < -0.3 is 10.2 Å². The molecule has 2 aromatic rings. The Morgan fingerprint density at radius 1 is 1.07 bits per heavy atom. The minimum absolute atomic E-state index is 0.0194. The molecule has 2 amide bonds. The molecule has 2 bridgehead atoms. The molecule has 1 N–H and O–H groups in total. The highest BCUT2D eigenvalue weighted by molar-refractivity contribution is 5.95. The van der Waals surface area contributed by atoms with Crippen molar-refractivity contribution in [3.63, 3.8) is 0 Å². The van der Waals surface area contributed by atoms with E-state index in [9.17, 15) is 9.59 Å². The summed E-state index contributed by atoms with van der Waals surface area (Å²) in [6, 6.07) is 10.4. The molecule has 1 aliphatic carbocycles. The standard InChI is InChI=1S/C23H28N4O2/c1-2-16-3-5-17(6-4-16)21(28)24-15-23-12-9-19(10-13-23)27(23)22(29)20-11-14-26(25-20)18-7-8-18/h3-6,11,14,18-19H,2,7-10,12-13,15H2,1H3,(H,24,28). The van der Waals surface area contributed by atoms with Gasteiger partial charge in [-0.2, -0.15) is 5.10 Å². The number of carbonyl (C=O) groups is 2. The third-order valence-corrected chi connectivity index (χ3v) is 6.93. The molecule has 2 aliphatic heterocycles. The second kappa shape index (κ2) is 7.01. The molecule has 1 aromatic carbocycles. The van der Waals surface area contributed by atoms with Crippen molar-refractivity contribution in [2.75, 3.05) is 6.54 Å². The topological polar surface area (TPSA) is 67.2 Å². The van der Waals surface area contributed by atoms with Crippen LogP contribution in [0.15, 0.2) is 36.5 Å². The van der Waals surface area contributed by atoms with Crippen LogP contribution in [0.2, 0.25) is 0 Å². The first-order chi connectivity index (χ1) is 14.1. The monoisotopic (exact) mass is 392 g/mol. The molecule has 0 radical (unpaired) electrons. The molecule has 2 saturated heterocycles. The van der Waals surface area contributed by atoms with Crippen molar-refractivity contribution in [1.82, 2.24) is 20.0 Å². The Hall–Kier alpha value is -2.63. The smallest absolute Gasteiger partial charge is 0.275 e. The first-order valence-electron chi connectivity index (χ1n) is 10.9. The van der Waals surface area contributed by atoms with E-state index in [2.05, 4.69) is 17.3 Å². The van der Waals surface area contributed by atoms with Crippen molar-refractivity contribution in [1.29, 1.82) is 0 Å². The first kappa shape index (κ1) is 18.4. The zero-order valence-electron chi connectivity index (χ0n) is 16.9. The zero-order chi connectivity index (χ0) is 20.0. The lowest BCUT2D eigenvalue weighted by Gasteiger charge is -2.34. The third kappa shape index (κ3) is 3.24. The molecule has 5 rings (SSSR count). The summed E-state index contributed by atoms with van der Waals surface area (Å²) in [6.07, 6.45) is 9.10. The van der Waals surface area contributed by atoms with Gasteiger partial charge in [0.25, 0.3) is 11.8 Å². The summed E-state index contributed by atoms with van der Waals surface area (Å²) in [4.78, 5) is 28.0. The molecule has 6 heteroatoms. The van der Waals surface area contributed by atoms with Gasteiger partial charge in [-0.25, -0.2) is 0 Å². The highest BCUT2D eigenvalue weighted by Crippen LogP contribution is 2.47. The average molecular weight is 393 g/mol. The first-order valence-corrected chi connectivity index (χ1v) is 10.9. The Balaban J connectivity index is 1.30. The van der Waals surface area contributed by atoms with Gasteiger partial charge in [-0.15, -0.1) is 0 Å². The summed E-state index contributed by atoms with van der Waals surface area (Å²) in [5.74, 6) is -0.0475. The fraction of sp³-hybridized carbons (Fsp3) is 0.522. The van der Waals surface area contributed by atoms with Crippen LogP contribution in [0.1, 0.15) is 77.9 Å². The number of rotatable bonds is 6. The van der Waals surface area contributed by atoms with Crippen molar-refractivity contribution >= 4 is 11.8 Å². The van der Waals surface area contributed by atoms with E-state index in [0.717, 1.165) is 44.9 Å². The van der Waals surface area contributed by atoms with Gasteiger partial charge in [0.05, 0.1) is 11.6 Å². The normalized spacial score (nSPS) is 25.4. The number of nitrogens with one attached hydrogen (secondary N) is 1. The van der Waals surface area contributed by atoms with Crippen molar-refractivity contribution in [2.24, 2.45) is 0 Å². The van der Waals surface area contributed by atoms with Gasteiger partial charge in [-0.1, -0.05) is 19.1 Å². The van der Waals surface area contributed by atoms with Crippen LogP contribution >= 0.6 is 0 Å². The van der Waals surface area contributed by atoms with Gasteiger partial charge in [0.2, 0.25) is 0 Å². The Labute approximate surface area is 171 Å². The molecule has 3 fully saturated rings. The minimum atomic E-state index is -0.274. The highest BCUT2D eigenvalue weighted by atomic mass is 16.2. The van der Waals surface area contributed by atoms with Crippen LogP contribution in [0.3, 0.4) is 0 Å². The van der Waals surface area contributed by atoms with Crippen LogP contribution in [0.4, 0.5) is 0 Å². The number of nitrogens with zero attached hydrogens (tertiary/aromatic N) is 3. The van der Waals surface area contributed by atoms with Crippen LogP contribution < -0.4 is 5.32 Å². The predicted octanol–water partition coefficient (Wildman–Crippen LogP) is 3.35. The third-order valence-electron chi connectivity index (χ3n) is 6.93. The van der Waals surface area contributed by atoms with Crippen LogP contribution in [-0.4, -0.2) is 44.6 Å². The molecule has 3 heterocycles. The number of hydrogen-bond donors (Lipinski definition) is 1. The molecule has 0 atom stereocenters. The molecular formula is C23H28N4O2. The van der Waals surface area contributed by atoms with Crippen LogP contribution in [0, 0.1) is 0 Å². The van der Waals surface area contributed by atoms with E-state index in [1.807, 2.05) is 46.1 Å². The maximum atomic E-state index is 13.3. The van der Waals surface area contributed by atoms with Gasteiger partial charge in [0, 0.05) is 24.3 Å². The predicted molar refractivity (Wildman–Crippen MR) is 110 cm³/mol. The molecule has 0 unspecified atom stereocenters. The number of fused-ring (bicyclic) bond motifs is 2. The molecule has 3 aliphatic rings. The van der Waals surface area contributed by atoms with E-state index < -0.39 is 0 Å². The largest absolute Gasteiger partial charge is 0.350 e. The molecule has 1 aromatic heterocycles. The van der Waals surface area contributed by atoms with Crippen LogP contribution in [0.5, 0.6) is 0 Å². The second-order valence-electron chi connectivity index (χ2n) is 8.78. The average Bonchev–Trinajstić information content (AvgIpc) is 3.24. The molecule has 29 heavy (non-hydrogen) atoms. The Bertz CT molecular complexity index is 921. The lowest BCUT2D eigenvalue weighted by molar-refractivity contribution is 0.0595. The van der Waals surface area contributed by atoms with Crippen LogP contribution in [-0.2, 0) is 6.42 Å². The minimum Gasteiger partial charge on any atom is -0.350 e. The Kier molecular flexibility index (Phi) is 4.45. The van der Waals surface area contributed by atoms with Crippen molar-refractivity contribution in [3.05, 3.63) is 53.3 Å². The lowest BCUT2D eigenvalue weighted by atomic mass is 9.87. The summed E-state index contributed by atoms with van der Waals surface area (Å²) in [5.41, 5.74) is 2.16. The quantitative estimate of drug-likeness (QED) is 0.820. The van der Waals surface area contributed by atoms with E-state index in [4.69, 9.17) is 0 Å². The second-order valence-corrected chi connectivity index (χ2v) is 8.78.